The molecule has 2 atom stereocenters. The van der Waals surface area contributed by atoms with Gasteiger partial charge in [0.15, 0.2) is 0 Å². The Kier molecular flexibility index (Phi) is 8.28. The average molecular weight is 461 g/mol. The normalized spacial score (nSPS) is 18.1. The van der Waals surface area contributed by atoms with Crippen molar-refractivity contribution in [3.05, 3.63) is 59.7 Å². The number of hydrogen-bond donors (Lipinski definition) is 1. The van der Waals surface area contributed by atoms with Gasteiger partial charge in [0.25, 0.3) is 5.91 Å². The molecule has 1 amide bonds. The summed E-state index contributed by atoms with van der Waals surface area (Å²) < 4.78 is 37.9. The summed E-state index contributed by atoms with van der Waals surface area (Å²) in [7, 11) is -0.528. The van der Waals surface area contributed by atoms with E-state index in [-0.39, 0.29) is 29.5 Å². The first kappa shape index (κ1) is 24.2. The van der Waals surface area contributed by atoms with Gasteiger partial charge in [0.1, 0.15) is 5.75 Å². The molecule has 3 rings (SSSR count). The third-order valence-electron chi connectivity index (χ3n) is 5.70. The van der Waals surface area contributed by atoms with Gasteiger partial charge in [-0.05, 0) is 61.7 Å². The van der Waals surface area contributed by atoms with E-state index in [0.29, 0.717) is 12.1 Å². The van der Waals surface area contributed by atoms with Crippen molar-refractivity contribution in [1.82, 2.24) is 9.62 Å². The van der Waals surface area contributed by atoms with Crippen LogP contribution in [0.25, 0.3) is 0 Å². The number of methoxy groups -OCH3 is 2. The van der Waals surface area contributed by atoms with Crippen LogP contribution >= 0.6 is 0 Å². The molecule has 0 radical (unpaired) electrons. The molecule has 32 heavy (non-hydrogen) atoms. The Labute approximate surface area is 190 Å². The summed E-state index contributed by atoms with van der Waals surface area (Å²) in [5.74, 6) is 0.697. The second-order valence-corrected chi connectivity index (χ2v) is 9.85. The molecule has 1 saturated heterocycles. The number of benzene rings is 2. The van der Waals surface area contributed by atoms with Crippen LogP contribution in [0.5, 0.6) is 5.75 Å². The van der Waals surface area contributed by atoms with Crippen molar-refractivity contribution in [3.8, 4) is 5.75 Å². The molecule has 2 unspecified atom stereocenters. The third kappa shape index (κ3) is 5.88. The Morgan fingerprint density at radius 2 is 1.75 bits per heavy atom. The van der Waals surface area contributed by atoms with Gasteiger partial charge in [-0.1, -0.05) is 25.0 Å². The van der Waals surface area contributed by atoms with E-state index in [2.05, 4.69) is 4.72 Å². The molecule has 1 aliphatic heterocycles. The summed E-state index contributed by atoms with van der Waals surface area (Å²) >= 11 is 0. The minimum atomic E-state index is -3.68. The molecule has 0 bridgehead atoms. The summed E-state index contributed by atoms with van der Waals surface area (Å²) in [6, 6.07) is 13.6. The number of carbonyl (C=O) groups excluding carboxylic acids is 1. The number of amides is 1. The summed E-state index contributed by atoms with van der Waals surface area (Å²) in [5, 5.41) is 0. The Morgan fingerprint density at radius 3 is 2.38 bits per heavy atom. The van der Waals surface area contributed by atoms with E-state index in [1.807, 2.05) is 29.2 Å². The third-order valence-corrected chi connectivity index (χ3v) is 7.30. The molecule has 1 heterocycles. The van der Waals surface area contributed by atoms with Gasteiger partial charge in [-0.25, -0.2) is 13.1 Å². The van der Waals surface area contributed by atoms with Crippen molar-refractivity contribution in [2.75, 3.05) is 27.4 Å². The molecule has 1 fully saturated rings. The summed E-state index contributed by atoms with van der Waals surface area (Å²) in [6.45, 7) is 2.68. The van der Waals surface area contributed by atoms with Crippen LogP contribution in [-0.4, -0.2) is 52.6 Å². The molecule has 0 saturated carbocycles. The van der Waals surface area contributed by atoms with Crippen molar-refractivity contribution >= 4 is 15.9 Å². The Hall–Kier alpha value is -2.42. The number of ether oxygens (including phenoxy) is 2. The fourth-order valence-electron chi connectivity index (χ4n) is 4.08. The highest BCUT2D eigenvalue weighted by molar-refractivity contribution is 7.89. The zero-order valence-electron chi connectivity index (χ0n) is 18.9. The molecule has 1 aliphatic rings. The highest BCUT2D eigenvalue weighted by Crippen LogP contribution is 2.32. The lowest BCUT2D eigenvalue weighted by atomic mass is 10.00. The first-order valence-electron chi connectivity index (χ1n) is 10.9. The Bertz CT molecular complexity index is 990. The van der Waals surface area contributed by atoms with Crippen LogP contribution in [0.4, 0.5) is 0 Å². The number of likely N-dealkylation sites (tertiary alicyclic amines) is 1. The molecule has 8 heteroatoms. The highest BCUT2D eigenvalue weighted by Gasteiger charge is 2.28. The van der Waals surface area contributed by atoms with Crippen molar-refractivity contribution in [2.24, 2.45) is 0 Å². The highest BCUT2D eigenvalue weighted by atomic mass is 32.2. The minimum Gasteiger partial charge on any atom is -0.497 e. The first-order valence-corrected chi connectivity index (χ1v) is 12.4. The van der Waals surface area contributed by atoms with E-state index in [4.69, 9.17) is 9.47 Å². The number of hydrogen-bond acceptors (Lipinski definition) is 5. The van der Waals surface area contributed by atoms with Crippen LogP contribution in [-0.2, 0) is 14.8 Å². The minimum absolute atomic E-state index is 0.0177. The standard InChI is InChI=1S/C24H32N2O5S/c1-18(17-30-2)25-32(28,29)22-14-10-20(11-15-22)24(27)26-16-6-4-5-7-23(26)19-8-12-21(31-3)13-9-19/h8-15,18,23,25H,4-7,16-17H2,1-3H3. The first-order chi connectivity index (χ1) is 15.4. The van der Waals surface area contributed by atoms with E-state index in [0.717, 1.165) is 37.0 Å². The maximum atomic E-state index is 13.4. The number of sulfonamides is 1. The smallest absolute Gasteiger partial charge is 0.254 e. The van der Waals surface area contributed by atoms with Gasteiger partial charge in [0.05, 0.1) is 24.7 Å². The molecule has 0 aliphatic carbocycles. The molecule has 2 aromatic rings. The zero-order valence-corrected chi connectivity index (χ0v) is 19.7. The van der Waals surface area contributed by atoms with Crippen LogP contribution < -0.4 is 9.46 Å². The molecule has 7 nitrogen and oxygen atoms in total. The summed E-state index contributed by atoms with van der Waals surface area (Å²) in [4.78, 5) is 15.4. The van der Waals surface area contributed by atoms with Crippen LogP contribution in [0.3, 0.4) is 0 Å². The molecule has 0 spiro atoms. The predicted molar refractivity (Wildman–Crippen MR) is 123 cm³/mol. The fourth-order valence-corrected chi connectivity index (χ4v) is 5.31. The summed E-state index contributed by atoms with van der Waals surface area (Å²) in [6.07, 6.45) is 3.99. The largest absolute Gasteiger partial charge is 0.497 e. The van der Waals surface area contributed by atoms with Crippen LogP contribution in [0.1, 0.15) is 54.6 Å². The lowest BCUT2D eigenvalue weighted by Gasteiger charge is -2.31. The van der Waals surface area contributed by atoms with Crippen LogP contribution in [0, 0.1) is 0 Å². The average Bonchev–Trinajstić information content (AvgIpc) is 3.05. The van der Waals surface area contributed by atoms with Gasteiger partial charge < -0.3 is 14.4 Å². The van der Waals surface area contributed by atoms with Crippen molar-refractivity contribution in [3.63, 3.8) is 0 Å². The molecule has 1 N–H and O–H groups in total. The van der Waals surface area contributed by atoms with E-state index in [9.17, 15) is 13.2 Å². The number of nitrogens with zero attached hydrogens (tertiary/aromatic N) is 1. The molecule has 174 valence electrons. The van der Waals surface area contributed by atoms with E-state index < -0.39 is 10.0 Å². The Balaban J connectivity index is 1.80. The van der Waals surface area contributed by atoms with Crippen molar-refractivity contribution in [2.45, 2.75) is 49.6 Å². The van der Waals surface area contributed by atoms with Gasteiger partial charge in [-0.15, -0.1) is 0 Å². The molecular weight excluding hydrogens is 428 g/mol. The summed E-state index contributed by atoms with van der Waals surface area (Å²) in [5.41, 5.74) is 1.56. The van der Waals surface area contributed by atoms with E-state index >= 15 is 0 Å². The quantitative estimate of drug-likeness (QED) is 0.648. The molecule has 2 aromatic carbocycles. The maximum absolute atomic E-state index is 13.4. The number of nitrogens with one attached hydrogen (secondary N) is 1. The second-order valence-electron chi connectivity index (χ2n) is 8.14. The lowest BCUT2D eigenvalue weighted by Crippen LogP contribution is -2.36. The van der Waals surface area contributed by atoms with Gasteiger partial charge in [0.2, 0.25) is 10.0 Å². The number of rotatable bonds is 8. The van der Waals surface area contributed by atoms with Crippen LogP contribution in [0.2, 0.25) is 0 Å². The fraction of sp³-hybridized carbons (Fsp3) is 0.458. The Morgan fingerprint density at radius 1 is 1.06 bits per heavy atom. The van der Waals surface area contributed by atoms with E-state index in [1.54, 1.807) is 26.2 Å². The van der Waals surface area contributed by atoms with E-state index in [1.165, 1.54) is 19.2 Å². The second kappa shape index (κ2) is 10.9. The maximum Gasteiger partial charge on any atom is 0.254 e. The SMILES string of the molecule is COCC(C)NS(=O)(=O)c1ccc(C(=O)N2CCCCCC2c2ccc(OC)cc2)cc1. The molecular formula is C24H32N2O5S. The molecule has 0 aromatic heterocycles. The van der Waals surface area contributed by atoms with Crippen molar-refractivity contribution in [1.29, 1.82) is 0 Å². The van der Waals surface area contributed by atoms with Gasteiger partial charge in [-0.3, -0.25) is 4.79 Å². The predicted octanol–water partition coefficient (Wildman–Crippen LogP) is 3.77. The zero-order chi connectivity index (χ0) is 23.1. The van der Waals surface area contributed by atoms with Crippen molar-refractivity contribution < 1.29 is 22.7 Å². The lowest BCUT2D eigenvalue weighted by molar-refractivity contribution is 0.0681. The topological polar surface area (TPSA) is 84.9 Å². The van der Waals surface area contributed by atoms with Gasteiger partial charge in [-0.2, -0.15) is 0 Å². The van der Waals surface area contributed by atoms with Crippen LogP contribution in [0.15, 0.2) is 53.4 Å². The van der Waals surface area contributed by atoms with Gasteiger partial charge >= 0.3 is 0 Å². The van der Waals surface area contributed by atoms with Gasteiger partial charge in [0, 0.05) is 25.3 Å². The number of carbonyl (C=O) groups is 1. The monoisotopic (exact) mass is 460 g/mol.